The molecule has 1 amide bonds. The molecule has 0 fully saturated rings. The minimum Gasteiger partial charge on any atom is -0.449 e. The molecular weight excluding hydrogens is 254 g/mol. The first-order chi connectivity index (χ1) is 9.79. The summed E-state index contributed by atoms with van der Waals surface area (Å²) in [6.07, 6.45) is 2.35. The normalized spacial score (nSPS) is 17.9. The number of aliphatic imine (C=N–C) groups is 1. The fraction of sp³-hybridized carbons (Fsp3) is 0.467. The average molecular weight is 275 g/mol. The van der Waals surface area contributed by atoms with Crippen LogP contribution in [0.4, 0.5) is 4.79 Å². The van der Waals surface area contributed by atoms with Gasteiger partial charge in [0.05, 0.1) is 12.6 Å². The molecule has 2 N–H and O–H groups in total. The summed E-state index contributed by atoms with van der Waals surface area (Å²) in [5, 5.41) is 5.73. The standard InChI is InChI=1S/C15H21N3O2/c1-2-3-11-20-15(19)18-14-16-10-9-13(17-14)12-7-5-4-6-8-12/h4-8,13H,2-3,9-11H2,1H3,(H2,16,17,18,19). The molecule has 1 atom stereocenters. The van der Waals surface area contributed by atoms with Crippen LogP contribution in [0.3, 0.4) is 0 Å². The first-order valence-corrected chi connectivity index (χ1v) is 7.10. The molecule has 1 aromatic rings. The lowest BCUT2D eigenvalue weighted by atomic mass is 10.0. The minimum atomic E-state index is -0.446. The largest absolute Gasteiger partial charge is 0.449 e. The highest BCUT2D eigenvalue weighted by Gasteiger charge is 2.17. The van der Waals surface area contributed by atoms with E-state index in [-0.39, 0.29) is 6.04 Å². The number of hydrogen-bond donors (Lipinski definition) is 2. The van der Waals surface area contributed by atoms with E-state index in [0.29, 0.717) is 12.6 Å². The fourth-order valence-corrected chi connectivity index (χ4v) is 2.03. The van der Waals surface area contributed by atoms with Gasteiger partial charge in [0.2, 0.25) is 5.96 Å². The molecule has 0 bridgehead atoms. The molecule has 1 unspecified atom stereocenters. The van der Waals surface area contributed by atoms with E-state index in [2.05, 4.69) is 34.7 Å². The molecule has 20 heavy (non-hydrogen) atoms. The molecule has 0 saturated carbocycles. The molecule has 5 heteroatoms. The molecule has 0 radical (unpaired) electrons. The van der Waals surface area contributed by atoms with Gasteiger partial charge in [0.15, 0.2) is 0 Å². The molecule has 0 saturated heterocycles. The van der Waals surface area contributed by atoms with Gasteiger partial charge < -0.3 is 10.1 Å². The third-order valence-electron chi connectivity index (χ3n) is 3.13. The lowest BCUT2D eigenvalue weighted by Crippen LogP contribution is -2.44. The van der Waals surface area contributed by atoms with Crippen molar-refractivity contribution >= 4 is 12.1 Å². The van der Waals surface area contributed by atoms with Gasteiger partial charge in [0, 0.05) is 6.54 Å². The molecule has 0 aromatic heterocycles. The van der Waals surface area contributed by atoms with Crippen LogP contribution in [0.15, 0.2) is 35.3 Å². The van der Waals surface area contributed by atoms with Crippen molar-refractivity contribution in [3.05, 3.63) is 35.9 Å². The van der Waals surface area contributed by atoms with E-state index in [0.717, 1.165) is 31.4 Å². The van der Waals surface area contributed by atoms with E-state index >= 15 is 0 Å². The average Bonchev–Trinajstić information content (AvgIpc) is 2.49. The number of benzene rings is 1. The molecule has 5 nitrogen and oxygen atoms in total. The summed E-state index contributed by atoms with van der Waals surface area (Å²) in [4.78, 5) is 16.1. The Morgan fingerprint density at radius 1 is 1.45 bits per heavy atom. The molecular formula is C15H21N3O2. The van der Waals surface area contributed by atoms with Crippen LogP contribution in [0.1, 0.15) is 37.8 Å². The Hall–Kier alpha value is -2.04. The highest BCUT2D eigenvalue weighted by molar-refractivity contribution is 5.94. The van der Waals surface area contributed by atoms with Crippen molar-refractivity contribution in [1.82, 2.24) is 10.6 Å². The molecule has 1 heterocycles. The van der Waals surface area contributed by atoms with Crippen LogP contribution in [0.25, 0.3) is 0 Å². The molecule has 1 aliphatic heterocycles. The predicted molar refractivity (Wildman–Crippen MR) is 78.6 cm³/mol. The van der Waals surface area contributed by atoms with Gasteiger partial charge in [-0.25, -0.2) is 9.79 Å². The lowest BCUT2D eigenvalue weighted by molar-refractivity contribution is 0.149. The van der Waals surface area contributed by atoms with Gasteiger partial charge in [-0.3, -0.25) is 5.32 Å². The fourth-order valence-electron chi connectivity index (χ4n) is 2.03. The van der Waals surface area contributed by atoms with Crippen molar-refractivity contribution in [3.8, 4) is 0 Å². The van der Waals surface area contributed by atoms with E-state index in [1.165, 1.54) is 0 Å². The van der Waals surface area contributed by atoms with Crippen LogP contribution >= 0.6 is 0 Å². The molecule has 108 valence electrons. The summed E-state index contributed by atoms with van der Waals surface area (Å²) < 4.78 is 5.06. The Morgan fingerprint density at radius 2 is 2.25 bits per heavy atom. The van der Waals surface area contributed by atoms with Crippen molar-refractivity contribution in [2.45, 2.75) is 32.2 Å². The Kier molecular flexibility index (Phi) is 5.41. The van der Waals surface area contributed by atoms with Gasteiger partial charge in [-0.1, -0.05) is 43.7 Å². The molecule has 1 aliphatic rings. The van der Waals surface area contributed by atoms with Gasteiger partial charge >= 0.3 is 6.09 Å². The van der Waals surface area contributed by atoms with Gasteiger partial charge in [0.1, 0.15) is 0 Å². The highest BCUT2D eigenvalue weighted by Crippen LogP contribution is 2.22. The predicted octanol–water partition coefficient (Wildman–Crippen LogP) is 2.60. The summed E-state index contributed by atoms with van der Waals surface area (Å²) in [5.74, 6) is 0.492. The van der Waals surface area contributed by atoms with Crippen LogP contribution in [0.2, 0.25) is 0 Å². The third kappa shape index (κ3) is 4.26. The van der Waals surface area contributed by atoms with E-state index in [4.69, 9.17) is 4.74 Å². The monoisotopic (exact) mass is 275 g/mol. The van der Waals surface area contributed by atoms with Crippen LogP contribution in [0.5, 0.6) is 0 Å². The summed E-state index contributed by atoms with van der Waals surface area (Å²) >= 11 is 0. The first-order valence-electron chi connectivity index (χ1n) is 7.10. The smallest absolute Gasteiger partial charge is 0.413 e. The molecule has 1 aromatic carbocycles. The second kappa shape index (κ2) is 7.53. The topological polar surface area (TPSA) is 62.7 Å². The Morgan fingerprint density at radius 3 is 3.00 bits per heavy atom. The zero-order valence-corrected chi connectivity index (χ0v) is 11.8. The number of guanidine groups is 1. The van der Waals surface area contributed by atoms with Gasteiger partial charge in [-0.2, -0.15) is 0 Å². The second-order valence-electron chi connectivity index (χ2n) is 4.73. The Labute approximate surface area is 119 Å². The second-order valence-corrected chi connectivity index (χ2v) is 4.73. The number of hydrogen-bond acceptors (Lipinski definition) is 4. The number of nitrogens with one attached hydrogen (secondary N) is 2. The highest BCUT2D eigenvalue weighted by atomic mass is 16.5. The van der Waals surface area contributed by atoms with Crippen molar-refractivity contribution in [3.63, 3.8) is 0 Å². The molecule has 2 rings (SSSR count). The lowest BCUT2D eigenvalue weighted by Gasteiger charge is -2.22. The summed E-state index contributed by atoms with van der Waals surface area (Å²) in [6, 6.07) is 10.2. The maximum Gasteiger partial charge on any atom is 0.413 e. The Balaban J connectivity index is 1.91. The number of ether oxygens (including phenoxy) is 1. The third-order valence-corrected chi connectivity index (χ3v) is 3.13. The zero-order chi connectivity index (χ0) is 14.2. The number of unbranched alkanes of at least 4 members (excludes halogenated alkanes) is 1. The van der Waals surface area contributed by atoms with Crippen LogP contribution < -0.4 is 10.6 Å². The SMILES string of the molecule is CCCCOC(=O)NC1=NC(c2ccccc2)CCN1. The number of alkyl carbamates (subject to hydrolysis) is 1. The zero-order valence-electron chi connectivity index (χ0n) is 11.8. The summed E-state index contributed by atoms with van der Waals surface area (Å²) in [5.41, 5.74) is 1.16. The van der Waals surface area contributed by atoms with E-state index in [1.807, 2.05) is 18.2 Å². The first kappa shape index (κ1) is 14.4. The van der Waals surface area contributed by atoms with Crippen LogP contribution in [-0.2, 0) is 4.74 Å². The van der Waals surface area contributed by atoms with Gasteiger partial charge in [-0.05, 0) is 18.4 Å². The number of rotatable bonds is 4. The van der Waals surface area contributed by atoms with E-state index in [9.17, 15) is 4.79 Å². The van der Waals surface area contributed by atoms with Crippen molar-refractivity contribution < 1.29 is 9.53 Å². The quantitative estimate of drug-likeness (QED) is 0.830. The maximum absolute atomic E-state index is 11.6. The number of carbonyl (C=O) groups excluding carboxylic acids is 1. The number of amides is 1. The van der Waals surface area contributed by atoms with E-state index < -0.39 is 6.09 Å². The summed E-state index contributed by atoms with van der Waals surface area (Å²) in [6.45, 7) is 3.28. The van der Waals surface area contributed by atoms with Gasteiger partial charge in [-0.15, -0.1) is 0 Å². The Bertz CT molecular complexity index is 459. The molecule has 0 spiro atoms. The van der Waals surface area contributed by atoms with Crippen molar-refractivity contribution in [2.75, 3.05) is 13.2 Å². The number of carbonyl (C=O) groups is 1. The number of nitrogens with zero attached hydrogens (tertiary/aromatic N) is 1. The van der Waals surface area contributed by atoms with E-state index in [1.54, 1.807) is 0 Å². The summed E-state index contributed by atoms with van der Waals surface area (Å²) in [7, 11) is 0. The minimum absolute atomic E-state index is 0.0865. The van der Waals surface area contributed by atoms with Crippen LogP contribution in [0, 0.1) is 0 Å². The van der Waals surface area contributed by atoms with Crippen molar-refractivity contribution in [2.24, 2.45) is 4.99 Å². The maximum atomic E-state index is 11.6. The molecule has 0 aliphatic carbocycles. The van der Waals surface area contributed by atoms with Crippen LogP contribution in [-0.4, -0.2) is 25.2 Å². The van der Waals surface area contributed by atoms with Crippen molar-refractivity contribution in [1.29, 1.82) is 0 Å². The van der Waals surface area contributed by atoms with Gasteiger partial charge in [0.25, 0.3) is 0 Å².